The van der Waals surface area contributed by atoms with E-state index in [0.29, 0.717) is 17.3 Å². The third-order valence-corrected chi connectivity index (χ3v) is 3.58. The number of hydrogen-bond donors (Lipinski definition) is 1. The number of rotatable bonds is 3. The molecule has 0 atom stereocenters. The number of imidazole rings is 1. The first kappa shape index (κ1) is 12.9. The Morgan fingerprint density at radius 1 is 1.20 bits per heavy atom. The molecule has 20 heavy (non-hydrogen) atoms. The van der Waals surface area contributed by atoms with Crippen molar-refractivity contribution in [2.75, 3.05) is 5.32 Å². The average Bonchev–Trinajstić information content (AvgIpc) is 2.76. The molecular weight excluding hydrogens is 277 g/mol. The molecule has 0 aliphatic carbocycles. The predicted octanol–water partition coefficient (Wildman–Crippen LogP) is 3.98. The minimum Gasteiger partial charge on any atom is -0.374 e. The molecule has 0 saturated carbocycles. The van der Waals surface area contributed by atoms with Crippen molar-refractivity contribution in [3.63, 3.8) is 0 Å². The van der Waals surface area contributed by atoms with Crippen molar-refractivity contribution in [3.05, 3.63) is 59.1 Å². The average molecular weight is 290 g/mol. The molecule has 1 aromatic heterocycles. The van der Waals surface area contributed by atoms with Crippen molar-refractivity contribution < 1.29 is 4.39 Å². The fourth-order valence-corrected chi connectivity index (χ4v) is 2.42. The van der Waals surface area contributed by atoms with Crippen LogP contribution in [0.5, 0.6) is 0 Å². The van der Waals surface area contributed by atoms with Crippen LogP contribution in [0.4, 0.5) is 10.1 Å². The van der Waals surface area contributed by atoms with Gasteiger partial charge in [0, 0.05) is 7.05 Å². The maximum Gasteiger partial charge on any atom is 0.147 e. The van der Waals surface area contributed by atoms with E-state index in [-0.39, 0.29) is 5.82 Å². The minimum atomic E-state index is -0.365. The Kier molecular flexibility index (Phi) is 3.32. The number of para-hydroxylation sites is 3. The molecule has 0 saturated heterocycles. The quantitative estimate of drug-likeness (QED) is 0.790. The van der Waals surface area contributed by atoms with Crippen LogP contribution in [0.15, 0.2) is 42.5 Å². The monoisotopic (exact) mass is 289 g/mol. The molecule has 0 bridgehead atoms. The van der Waals surface area contributed by atoms with Crippen molar-refractivity contribution in [2.24, 2.45) is 7.05 Å². The van der Waals surface area contributed by atoms with Gasteiger partial charge in [0.2, 0.25) is 0 Å². The number of aryl methyl sites for hydroxylation is 1. The molecule has 2 aromatic carbocycles. The van der Waals surface area contributed by atoms with Crippen LogP contribution in [0.1, 0.15) is 5.82 Å². The summed E-state index contributed by atoms with van der Waals surface area (Å²) < 4.78 is 15.7. The maximum absolute atomic E-state index is 13.7. The van der Waals surface area contributed by atoms with Crippen LogP contribution < -0.4 is 5.32 Å². The lowest BCUT2D eigenvalue weighted by molar-refractivity contribution is 0.629. The van der Waals surface area contributed by atoms with E-state index >= 15 is 0 Å². The van der Waals surface area contributed by atoms with E-state index in [0.717, 1.165) is 16.9 Å². The second-order valence-corrected chi connectivity index (χ2v) is 4.93. The van der Waals surface area contributed by atoms with E-state index in [1.807, 2.05) is 35.9 Å². The normalized spacial score (nSPS) is 10.9. The van der Waals surface area contributed by atoms with E-state index in [4.69, 9.17) is 11.6 Å². The van der Waals surface area contributed by atoms with E-state index in [2.05, 4.69) is 10.3 Å². The second-order valence-electron chi connectivity index (χ2n) is 4.53. The van der Waals surface area contributed by atoms with Gasteiger partial charge in [-0.15, -0.1) is 0 Å². The highest BCUT2D eigenvalue weighted by Crippen LogP contribution is 2.25. The van der Waals surface area contributed by atoms with Gasteiger partial charge >= 0.3 is 0 Å². The molecule has 0 spiro atoms. The first-order valence-electron chi connectivity index (χ1n) is 6.25. The van der Waals surface area contributed by atoms with Crippen molar-refractivity contribution in [1.29, 1.82) is 0 Å². The van der Waals surface area contributed by atoms with E-state index < -0.39 is 0 Å². The Bertz CT molecular complexity index is 747. The van der Waals surface area contributed by atoms with Crippen LogP contribution >= 0.6 is 11.6 Å². The number of halogens is 2. The minimum absolute atomic E-state index is 0.307. The Balaban J connectivity index is 1.89. The Morgan fingerprint density at radius 2 is 2.00 bits per heavy atom. The van der Waals surface area contributed by atoms with Gasteiger partial charge in [0.1, 0.15) is 11.6 Å². The van der Waals surface area contributed by atoms with E-state index in [1.54, 1.807) is 12.1 Å². The Labute approximate surface area is 121 Å². The van der Waals surface area contributed by atoms with E-state index in [9.17, 15) is 4.39 Å². The summed E-state index contributed by atoms with van der Waals surface area (Å²) in [4.78, 5) is 4.52. The van der Waals surface area contributed by atoms with Gasteiger partial charge in [-0.25, -0.2) is 9.37 Å². The molecule has 0 amide bonds. The number of anilines is 1. The molecule has 1 N–H and O–H groups in total. The molecule has 0 radical (unpaired) electrons. The summed E-state index contributed by atoms with van der Waals surface area (Å²) in [6, 6.07) is 12.5. The largest absolute Gasteiger partial charge is 0.374 e. The highest BCUT2D eigenvalue weighted by molar-refractivity contribution is 6.33. The fourth-order valence-electron chi connectivity index (χ4n) is 2.19. The zero-order valence-corrected chi connectivity index (χ0v) is 11.7. The number of nitrogens with one attached hydrogen (secondary N) is 1. The van der Waals surface area contributed by atoms with Crippen molar-refractivity contribution >= 4 is 28.3 Å². The van der Waals surface area contributed by atoms with Crippen molar-refractivity contribution in [2.45, 2.75) is 6.54 Å². The smallest absolute Gasteiger partial charge is 0.147 e. The summed E-state index contributed by atoms with van der Waals surface area (Å²) in [5.41, 5.74) is 2.27. The van der Waals surface area contributed by atoms with Gasteiger partial charge < -0.3 is 9.88 Å². The number of benzene rings is 2. The molecule has 3 nitrogen and oxygen atoms in total. The zero-order valence-electron chi connectivity index (χ0n) is 10.9. The summed E-state index contributed by atoms with van der Waals surface area (Å²) in [7, 11) is 1.94. The molecule has 102 valence electrons. The highest BCUT2D eigenvalue weighted by Gasteiger charge is 2.10. The first-order valence-corrected chi connectivity index (χ1v) is 6.63. The Hall–Kier alpha value is -2.07. The van der Waals surface area contributed by atoms with Crippen LogP contribution in [0.25, 0.3) is 11.0 Å². The lowest BCUT2D eigenvalue weighted by atomic mass is 10.3. The first-order chi connectivity index (χ1) is 9.66. The molecular formula is C15H13ClFN3. The highest BCUT2D eigenvalue weighted by atomic mass is 35.5. The summed E-state index contributed by atoms with van der Waals surface area (Å²) in [6.07, 6.45) is 0. The molecule has 0 fully saturated rings. The zero-order chi connectivity index (χ0) is 14.1. The number of hydrogen-bond acceptors (Lipinski definition) is 2. The molecule has 1 heterocycles. The van der Waals surface area contributed by atoms with Gasteiger partial charge in [0.15, 0.2) is 0 Å². The lowest BCUT2D eigenvalue weighted by Crippen LogP contribution is -2.07. The van der Waals surface area contributed by atoms with Crippen LogP contribution in [0, 0.1) is 5.82 Å². The van der Waals surface area contributed by atoms with Gasteiger partial charge in [-0.05, 0) is 24.3 Å². The van der Waals surface area contributed by atoms with Crippen molar-refractivity contribution in [3.8, 4) is 0 Å². The van der Waals surface area contributed by atoms with Gasteiger partial charge in [-0.3, -0.25) is 0 Å². The molecule has 3 aromatic rings. The van der Waals surface area contributed by atoms with Crippen LogP contribution in [0.2, 0.25) is 5.02 Å². The van der Waals surface area contributed by atoms with Crippen LogP contribution in [-0.2, 0) is 13.6 Å². The molecule has 3 rings (SSSR count). The summed E-state index contributed by atoms with van der Waals surface area (Å²) in [6.45, 7) is 0.409. The SMILES string of the molecule is Cn1c(CNc2c(F)cccc2Cl)nc2ccccc21. The van der Waals surface area contributed by atoms with Gasteiger partial charge in [-0.2, -0.15) is 0 Å². The van der Waals surface area contributed by atoms with Crippen molar-refractivity contribution in [1.82, 2.24) is 9.55 Å². The standard InChI is InChI=1S/C15H13ClFN3/c1-20-13-8-3-2-7-12(13)19-14(20)9-18-15-10(16)5-4-6-11(15)17/h2-8,18H,9H2,1H3. The molecule has 0 unspecified atom stereocenters. The fraction of sp³-hybridized carbons (Fsp3) is 0.133. The van der Waals surface area contributed by atoms with Crippen LogP contribution in [0.3, 0.4) is 0 Å². The Morgan fingerprint density at radius 3 is 2.75 bits per heavy atom. The predicted molar refractivity (Wildman–Crippen MR) is 79.5 cm³/mol. The number of fused-ring (bicyclic) bond motifs is 1. The number of aromatic nitrogens is 2. The summed E-state index contributed by atoms with van der Waals surface area (Å²) >= 11 is 5.98. The maximum atomic E-state index is 13.7. The lowest BCUT2D eigenvalue weighted by Gasteiger charge is -2.09. The second kappa shape index (κ2) is 5.13. The van der Waals surface area contributed by atoms with Gasteiger partial charge in [0.05, 0.1) is 28.3 Å². The third kappa shape index (κ3) is 2.23. The molecule has 0 aliphatic rings. The molecule has 5 heteroatoms. The van der Waals surface area contributed by atoms with E-state index in [1.165, 1.54) is 6.07 Å². The number of nitrogens with zero attached hydrogens (tertiary/aromatic N) is 2. The summed E-state index contributed by atoms with van der Waals surface area (Å²) in [5, 5.41) is 3.37. The topological polar surface area (TPSA) is 29.9 Å². The third-order valence-electron chi connectivity index (χ3n) is 3.27. The van der Waals surface area contributed by atoms with Gasteiger partial charge in [-0.1, -0.05) is 29.8 Å². The van der Waals surface area contributed by atoms with Crippen LogP contribution in [-0.4, -0.2) is 9.55 Å². The molecule has 0 aliphatic heterocycles. The van der Waals surface area contributed by atoms with Gasteiger partial charge in [0.25, 0.3) is 0 Å². The summed E-state index contributed by atoms with van der Waals surface area (Å²) in [5.74, 6) is 0.460.